The Hall–Kier alpha value is -1.25. The highest BCUT2D eigenvalue weighted by Crippen LogP contribution is 1.82. The predicted octanol–water partition coefficient (Wildman–Crippen LogP) is -1.45. The van der Waals surface area contributed by atoms with Gasteiger partial charge >= 0.3 is 10.4 Å². The topological polar surface area (TPSA) is 121 Å². The van der Waals surface area contributed by atoms with Crippen LogP contribution in [0.25, 0.3) is 0 Å². The quantitative estimate of drug-likeness (QED) is 0.321. The minimum absolute atomic E-state index is 0.329. The van der Waals surface area contributed by atoms with Crippen LogP contribution in [0.15, 0.2) is 12.2 Å². The average Bonchev–Trinajstić information content (AvgIpc) is 2.09. The van der Waals surface area contributed by atoms with E-state index in [9.17, 15) is 9.59 Å². The second-order valence-electron chi connectivity index (χ2n) is 1.63. The van der Waals surface area contributed by atoms with Crippen LogP contribution in [-0.4, -0.2) is 29.3 Å². The van der Waals surface area contributed by atoms with E-state index in [1.165, 1.54) is 12.2 Å². The third-order valence-electron chi connectivity index (χ3n) is 0.632. The Morgan fingerprint density at radius 2 is 1.33 bits per heavy atom. The molecule has 68 valence electrons. The van der Waals surface area contributed by atoms with Crippen LogP contribution in [0.1, 0.15) is 0 Å². The summed E-state index contributed by atoms with van der Waals surface area (Å²) in [6, 6.07) is 0. The van der Waals surface area contributed by atoms with E-state index in [0.717, 1.165) is 0 Å². The Morgan fingerprint density at radius 1 is 1.08 bits per heavy atom. The summed E-state index contributed by atoms with van der Waals surface area (Å²) >= 11 is 0. The van der Waals surface area contributed by atoms with Crippen LogP contribution in [0.4, 0.5) is 0 Å². The highest BCUT2D eigenvalue weighted by atomic mass is 32.3. The van der Waals surface area contributed by atoms with E-state index in [1.807, 2.05) is 5.32 Å². The van der Waals surface area contributed by atoms with Crippen LogP contribution in [0.3, 0.4) is 0 Å². The third kappa shape index (κ3) is 8.75. The van der Waals surface area contributed by atoms with Gasteiger partial charge in [0.05, 0.1) is 0 Å². The zero-order chi connectivity index (χ0) is 9.78. The lowest BCUT2D eigenvalue weighted by Crippen LogP contribution is -2.19. The van der Waals surface area contributed by atoms with E-state index in [1.54, 1.807) is 0 Å². The zero-order valence-electron chi connectivity index (χ0n) is 5.59. The average molecular weight is 195 g/mol. The highest BCUT2D eigenvalue weighted by molar-refractivity contribution is 7.79. The summed E-state index contributed by atoms with van der Waals surface area (Å²) in [6.45, 7) is 0. The normalized spacial score (nSPS) is 15.2. The monoisotopic (exact) mass is 195 g/mol. The van der Waals surface area contributed by atoms with Crippen molar-refractivity contribution in [1.82, 2.24) is 5.32 Å². The van der Waals surface area contributed by atoms with Crippen molar-refractivity contribution in [2.45, 2.75) is 0 Å². The van der Waals surface area contributed by atoms with Crippen molar-refractivity contribution in [3.05, 3.63) is 12.2 Å². The first-order chi connectivity index (χ1) is 5.29. The molecule has 3 N–H and O–H groups in total. The highest BCUT2D eigenvalue weighted by Gasteiger charge is 2.06. The van der Waals surface area contributed by atoms with Gasteiger partial charge in [-0.1, -0.05) is 0 Å². The number of carbonyl (C=O) groups is 2. The molecule has 0 aromatic heterocycles. The molecule has 0 aromatic carbocycles. The zero-order valence-corrected chi connectivity index (χ0v) is 6.41. The Morgan fingerprint density at radius 3 is 1.42 bits per heavy atom. The first-order valence-electron chi connectivity index (χ1n) is 2.52. The van der Waals surface area contributed by atoms with Gasteiger partial charge in [0.15, 0.2) is 0 Å². The third-order valence-corrected chi connectivity index (χ3v) is 0.632. The van der Waals surface area contributed by atoms with Gasteiger partial charge in [-0.05, 0) is 0 Å². The lowest BCUT2D eigenvalue weighted by Gasteiger charge is -1.80. The second-order valence-corrected chi connectivity index (χ2v) is 2.53. The van der Waals surface area contributed by atoms with E-state index in [2.05, 4.69) is 0 Å². The summed E-state index contributed by atoms with van der Waals surface area (Å²) in [5.74, 6) is -0.657. The van der Waals surface area contributed by atoms with E-state index < -0.39 is 10.4 Å². The van der Waals surface area contributed by atoms with Gasteiger partial charge in [0.2, 0.25) is 0 Å². The molecule has 1 aliphatic rings. The second kappa shape index (κ2) is 3.95. The van der Waals surface area contributed by atoms with Crippen LogP contribution in [-0.2, 0) is 20.0 Å². The van der Waals surface area contributed by atoms with E-state index in [-0.39, 0.29) is 11.8 Å². The van der Waals surface area contributed by atoms with Crippen molar-refractivity contribution in [1.29, 1.82) is 0 Å². The maximum Gasteiger partial charge on any atom is 0.394 e. The molecule has 12 heavy (non-hydrogen) atoms. The van der Waals surface area contributed by atoms with Gasteiger partial charge in [0.25, 0.3) is 11.8 Å². The van der Waals surface area contributed by atoms with Crippen LogP contribution in [0, 0.1) is 0 Å². The van der Waals surface area contributed by atoms with Gasteiger partial charge in [-0.3, -0.25) is 24.0 Å². The Bertz CT molecular complexity index is 290. The molecule has 7 nitrogen and oxygen atoms in total. The van der Waals surface area contributed by atoms with Crippen LogP contribution < -0.4 is 5.32 Å². The molecule has 1 aliphatic heterocycles. The van der Waals surface area contributed by atoms with Crippen molar-refractivity contribution in [2.24, 2.45) is 0 Å². The molecule has 0 saturated carbocycles. The van der Waals surface area contributed by atoms with E-state index in [0.29, 0.717) is 0 Å². The maximum atomic E-state index is 10.0. The molecule has 0 bridgehead atoms. The van der Waals surface area contributed by atoms with Crippen molar-refractivity contribution in [2.75, 3.05) is 0 Å². The Labute approximate surface area is 67.6 Å². The molecule has 0 spiro atoms. The first-order valence-corrected chi connectivity index (χ1v) is 3.91. The number of amides is 2. The molecule has 0 saturated heterocycles. The number of hydrogen-bond acceptors (Lipinski definition) is 4. The van der Waals surface area contributed by atoms with Crippen LogP contribution in [0.2, 0.25) is 0 Å². The van der Waals surface area contributed by atoms with Crippen LogP contribution >= 0.6 is 0 Å². The fraction of sp³-hybridized carbons (Fsp3) is 0. The van der Waals surface area contributed by atoms with Crippen molar-refractivity contribution in [3.63, 3.8) is 0 Å². The molecular weight excluding hydrogens is 190 g/mol. The van der Waals surface area contributed by atoms with Gasteiger partial charge in [-0.25, -0.2) is 0 Å². The molecule has 0 aromatic rings. The van der Waals surface area contributed by atoms with Crippen molar-refractivity contribution < 1.29 is 27.1 Å². The Kier molecular flexibility index (Phi) is 3.54. The van der Waals surface area contributed by atoms with Gasteiger partial charge in [0.1, 0.15) is 0 Å². The molecule has 0 radical (unpaired) electrons. The fourth-order valence-electron chi connectivity index (χ4n) is 0.356. The summed E-state index contributed by atoms with van der Waals surface area (Å²) in [4.78, 5) is 20.1. The van der Waals surface area contributed by atoms with E-state index >= 15 is 0 Å². The fourth-order valence-corrected chi connectivity index (χ4v) is 0.356. The molecule has 1 rings (SSSR count). The molecular formula is C4H5NO6S. The standard InChI is InChI=1S/C4H3NO2.H2O4S/c6-3-1-2-4(7)5-3;1-5(2,3)4/h1-2H,(H,5,6,7);(H2,1,2,3,4). The SMILES string of the molecule is O=C1C=CC(=O)N1.O=S(=O)(O)O. The van der Waals surface area contributed by atoms with Crippen molar-refractivity contribution >= 4 is 22.2 Å². The van der Waals surface area contributed by atoms with Gasteiger partial charge in [0, 0.05) is 12.2 Å². The molecule has 2 amide bonds. The summed E-state index contributed by atoms with van der Waals surface area (Å²) in [7, 11) is -4.67. The number of rotatable bonds is 0. The largest absolute Gasteiger partial charge is 0.394 e. The van der Waals surface area contributed by atoms with E-state index in [4.69, 9.17) is 17.5 Å². The van der Waals surface area contributed by atoms with Crippen molar-refractivity contribution in [3.8, 4) is 0 Å². The number of imide groups is 1. The molecule has 0 atom stereocenters. The molecule has 0 fully saturated rings. The lowest BCUT2D eigenvalue weighted by atomic mass is 10.6. The number of nitrogens with one attached hydrogen (secondary N) is 1. The summed E-state index contributed by atoms with van der Waals surface area (Å²) in [5, 5.41) is 2.03. The number of carbonyl (C=O) groups excluding carboxylic acids is 2. The maximum absolute atomic E-state index is 10.0. The smallest absolute Gasteiger partial charge is 0.289 e. The summed E-state index contributed by atoms with van der Waals surface area (Å²) < 4.78 is 31.6. The van der Waals surface area contributed by atoms with Gasteiger partial charge in [-0.15, -0.1) is 0 Å². The minimum atomic E-state index is -4.67. The molecule has 1 heterocycles. The summed E-state index contributed by atoms with van der Waals surface area (Å²) in [5.41, 5.74) is 0. The van der Waals surface area contributed by atoms with Gasteiger partial charge < -0.3 is 0 Å². The minimum Gasteiger partial charge on any atom is -0.289 e. The predicted molar refractivity (Wildman–Crippen MR) is 36.5 cm³/mol. The number of hydrogen-bond donors (Lipinski definition) is 3. The lowest BCUT2D eigenvalue weighted by molar-refractivity contribution is -0.123. The van der Waals surface area contributed by atoms with Gasteiger partial charge in [-0.2, -0.15) is 8.42 Å². The Balaban J connectivity index is 0.000000217. The molecule has 0 aliphatic carbocycles. The first kappa shape index (κ1) is 10.8. The summed E-state index contributed by atoms with van der Waals surface area (Å²) in [6.07, 6.45) is 2.39. The van der Waals surface area contributed by atoms with Crippen LogP contribution in [0.5, 0.6) is 0 Å². The molecule has 0 unspecified atom stereocenters. The molecule has 8 heteroatoms.